The Kier molecular flexibility index (Phi) is 4.47. The van der Waals surface area contributed by atoms with Crippen LogP contribution < -0.4 is 11.1 Å². The van der Waals surface area contributed by atoms with Gasteiger partial charge in [0.25, 0.3) is 11.6 Å². The summed E-state index contributed by atoms with van der Waals surface area (Å²) in [6.07, 6.45) is 1.61. The normalized spacial score (nSPS) is 11.1. The highest BCUT2D eigenvalue weighted by atomic mass is 16.6. The van der Waals surface area contributed by atoms with Crippen molar-refractivity contribution in [3.8, 4) is 0 Å². The molecule has 1 amide bonds. The van der Waals surface area contributed by atoms with Gasteiger partial charge in [-0.3, -0.25) is 14.9 Å². The molecule has 0 saturated carbocycles. The molecule has 6 heteroatoms. The number of nitrogen functional groups attached to an aromatic ring is 1. The molecule has 6 nitrogen and oxygen atoms in total. The smallest absolute Gasteiger partial charge is 0.292 e. The van der Waals surface area contributed by atoms with Crippen LogP contribution in [0.1, 0.15) is 44.0 Å². The Morgan fingerprint density at radius 2 is 2.00 bits per heavy atom. The SMILES string of the molecule is CCC(C)(CC)NC(=O)c1ccc([N+](=O)[O-])c(N)c1. The molecule has 0 aliphatic rings. The quantitative estimate of drug-likeness (QED) is 0.485. The zero-order valence-corrected chi connectivity index (χ0v) is 11.4. The molecule has 0 saturated heterocycles. The first-order valence-corrected chi connectivity index (χ1v) is 6.19. The Hall–Kier alpha value is -2.11. The Labute approximate surface area is 112 Å². The molecule has 19 heavy (non-hydrogen) atoms. The zero-order chi connectivity index (χ0) is 14.6. The summed E-state index contributed by atoms with van der Waals surface area (Å²) in [6, 6.07) is 3.99. The number of nitro benzene ring substituents is 1. The number of nitrogens with two attached hydrogens (primary N) is 1. The molecule has 1 rings (SSSR count). The average molecular weight is 265 g/mol. The summed E-state index contributed by atoms with van der Waals surface area (Å²) in [5.41, 5.74) is 5.42. The van der Waals surface area contributed by atoms with E-state index < -0.39 is 4.92 Å². The fourth-order valence-corrected chi connectivity index (χ4v) is 1.64. The van der Waals surface area contributed by atoms with E-state index in [0.717, 1.165) is 12.8 Å². The van der Waals surface area contributed by atoms with E-state index in [4.69, 9.17) is 5.73 Å². The molecule has 0 aliphatic heterocycles. The van der Waals surface area contributed by atoms with Crippen LogP contribution >= 0.6 is 0 Å². The maximum atomic E-state index is 12.1. The number of hydrogen-bond donors (Lipinski definition) is 2. The van der Waals surface area contributed by atoms with Crippen molar-refractivity contribution in [1.82, 2.24) is 5.32 Å². The lowest BCUT2D eigenvalue weighted by atomic mass is 9.95. The molecule has 0 bridgehead atoms. The van der Waals surface area contributed by atoms with Crippen molar-refractivity contribution in [2.24, 2.45) is 0 Å². The number of anilines is 1. The van der Waals surface area contributed by atoms with Crippen molar-refractivity contribution in [3.05, 3.63) is 33.9 Å². The van der Waals surface area contributed by atoms with Gasteiger partial charge in [0.15, 0.2) is 0 Å². The number of amides is 1. The van der Waals surface area contributed by atoms with Crippen molar-refractivity contribution >= 4 is 17.3 Å². The second kappa shape index (κ2) is 5.69. The van der Waals surface area contributed by atoms with Gasteiger partial charge in [-0.1, -0.05) is 13.8 Å². The standard InChI is InChI=1S/C13H19N3O3/c1-4-13(3,5-2)15-12(17)9-6-7-11(16(18)19)10(14)8-9/h6-8H,4-5,14H2,1-3H3,(H,15,17). The summed E-state index contributed by atoms with van der Waals surface area (Å²) in [6.45, 7) is 5.95. The molecule has 0 fully saturated rings. The summed E-state index contributed by atoms with van der Waals surface area (Å²) < 4.78 is 0. The number of nitro groups is 1. The minimum Gasteiger partial charge on any atom is -0.393 e. The second-order valence-corrected chi connectivity index (χ2v) is 4.75. The first-order chi connectivity index (χ1) is 8.83. The summed E-state index contributed by atoms with van der Waals surface area (Å²) in [5, 5.41) is 13.6. The molecule has 1 aromatic carbocycles. The molecule has 0 aliphatic carbocycles. The highest BCUT2D eigenvalue weighted by Gasteiger charge is 2.23. The highest BCUT2D eigenvalue weighted by Crippen LogP contribution is 2.23. The number of nitrogens with one attached hydrogen (secondary N) is 1. The number of nitrogens with zero attached hydrogens (tertiary/aromatic N) is 1. The summed E-state index contributed by atoms with van der Waals surface area (Å²) in [4.78, 5) is 22.2. The van der Waals surface area contributed by atoms with E-state index >= 15 is 0 Å². The Morgan fingerprint density at radius 1 is 1.42 bits per heavy atom. The van der Waals surface area contributed by atoms with E-state index in [1.165, 1.54) is 18.2 Å². The van der Waals surface area contributed by atoms with Crippen LogP contribution in [0.4, 0.5) is 11.4 Å². The third kappa shape index (κ3) is 3.43. The number of rotatable bonds is 5. The molecule has 0 heterocycles. The maximum Gasteiger partial charge on any atom is 0.292 e. The van der Waals surface area contributed by atoms with E-state index in [0.29, 0.717) is 5.56 Å². The zero-order valence-electron chi connectivity index (χ0n) is 11.4. The summed E-state index contributed by atoms with van der Waals surface area (Å²) in [5.74, 6) is -0.271. The minimum atomic E-state index is -0.570. The lowest BCUT2D eigenvalue weighted by molar-refractivity contribution is -0.383. The lowest BCUT2D eigenvalue weighted by Gasteiger charge is -2.28. The molecule has 0 radical (unpaired) electrons. The van der Waals surface area contributed by atoms with Gasteiger partial charge >= 0.3 is 0 Å². The molecular formula is C13H19N3O3. The van der Waals surface area contributed by atoms with Gasteiger partial charge in [0.05, 0.1) is 4.92 Å². The fourth-order valence-electron chi connectivity index (χ4n) is 1.64. The fraction of sp³-hybridized carbons (Fsp3) is 0.462. The van der Waals surface area contributed by atoms with Crippen LogP contribution in [0.5, 0.6) is 0 Å². The predicted molar refractivity (Wildman–Crippen MR) is 74.0 cm³/mol. The van der Waals surface area contributed by atoms with Crippen LogP contribution in [0, 0.1) is 10.1 Å². The molecule has 0 atom stereocenters. The lowest BCUT2D eigenvalue weighted by Crippen LogP contribution is -2.44. The van der Waals surface area contributed by atoms with Gasteiger partial charge in [-0.05, 0) is 31.9 Å². The van der Waals surface area contributed by atoms with Gasteiger partial charge < -0.3 is 11.1 Å². The molecular weight excluding hydrogens is 246 g/mol. The largest absolute Gasteiger partial charge is 0.393 e. The average Bonchev–Trinajstić information content (AvgIpc) is 2.37. The molecule has 1 aromatic rings. The Balaban J connectivity index is 2.96. The number of carbonyl (C=O) groups is 1. The van der Waals surface area contributed by atoms with Crippen LogP contribution in [0.25, 0.3) is 0 Å². The van der Waals surface area contributed by atoms with Crippen LogP contribution in [-0.4, -0.2) is 16.4 Å². The van der Waals surface area contributed by atoms with Crippen molar-refractivity contribution in [2.75, 3.05) is 5.73 Å². The third-order valence-electron chi connectivity index (χ3n) is 3.46. The van der Waals surface area contributed by atoms with Gasteiger partial charge in [0.2, 0.25) is 0 Å². The van der Waals surface area contributed by atoms with Gasteiger partial charge in [-0.2, -0.15) is 0 Å². The van der Waals surface area contributed by atoms with Gasteiger partial charge in [-0.25, -0.2) is 0 Å². The maximum absolute atomic E-state index is 12.1. The first kappa shape index (κ1) is 14.9. The Morgan fingerprint density at radius 3 is 2.42 bits per heavy atom. The molecule has 3 N–H and O–H groups in total. The van der Waals surface area contributed by atoms with Crippen molar-refractivity contribution in [3.63, 3.8) is 0 Å². The molecule has 0 spiro atoms. The predicted octanol–water partition coefficient (Wildman–Crippen LogP) is 2.49. The van der Waals surface area contributed by atoms with Crippen molar-refractivity contribution in [1.29, 1.82) is 0 Å². The van der Waals surface area contributed by atoms with Crippen LogP contribution in [0.2, 0.25) is 0 Å². The first-order valence-electron chi connectivity index (χ1n) is 6.19. The number of benzene rings is 1. The van der Waals surface area contributed by atoms with E-state index in [1.54, 1.807) is 0 Å². The Bertz CT molecular complexity index is 496. The molecule has 0 aromatic heterocycles. The number of carbonyl (C=O) groups excluding carboxylic acids is 1. The van der Waals surface area contributed by atoms with E-state index in [1.807, 2.05) is 20.8 Å². The van der Waals surface area contributed by atoms with Crippen molar-refractivity contribution < 1.29 is 9.72 Å². The highest BCUT2D eigenvalue weighted by molar-refractivity contribution is 5.96. The van der Waals surface area contributed by atoms with E-state index in [9.17, 15) is 14.9 Å². The van der Waals surface area contributed by atoms with Crippen LogP contribution in [0.3, 0.4) is 0 Å². The topological polar surface area (TPSA) is 98.3 Å². The van der Waals surface area contributed by atoms with E-state index in [2.05, 4.69) is 5.32 Å². The number of hydrogen-bond acceptors (Lipinski definition) is 4. The van der Waals surface area contributed by atoms with Gasteiger partial charge in [0.1, 0.15) is 5.69 Å². The van der Waals surface area contributed by atoms with Crippen LogP contribution in [-0.2, 0) is 0 Å². The molecule has 104 valence electrons. The monoisotopic (exact) mass is 265 g/mol. The third-order valence-corrected chi connectivity index (χ3v) is 3.46. The minimum absolute atomic E-state index is 0.00708. The summed E-state index contributed by atoms with van der Waals surface area (Å²) >= 11 is 0. The second-order valence-electron chi connectivity index (χ2n) is 4.75. The van der Waals surface area contributed by atoms with Crippen molar-refractivity contribution in [2.45, 2.75) is 39.2 Å². The van der Waals surface area contributed by atoms with Gasteiger partial charge in [-0.15, -0.1) is 0 Å². The molecule has 0 unspecified atom stereocenters. The summed E-state index contributed by atoms with van der Waals surface area (Å²) in [7, 11) is 0. The van der Waals surface area contributed by atoms with E-state index in [-0.39, 0.29) is 22.8 Å². The van der Waals surface area contributed by atoms with Crippen LogP contribution in [0.15, 0.2) is 18.2 Å². The van der Waals surface area contributed by atoms with Gasteiger partial charge in [0, 0.05) is 17.2 Å².